The molecule has 0 spiro atoms. The number of carbonyl (C=O) groups excluding carboxylic acids is 1. The van der Waals surface area contributed by atoms with Gasteiger partial charge in [0.15, 0.2) is 11.5 Å². The fourth-order valence-electron chi connectivity index (χ4n) is 3.22. The molecule has 0 aliphatic carbocycles. The largest absolute Gasteiger partial charge is 0.480 e. The van der Waals surface area contributed by atoms with E-state index < -0.39 is 0 Å². The number of anilines is 2. The molecule has 0 saturated heterocycles. The van der Waals surface area contributed by atoms with Gasteiger partial charge in [0.25, 0.3) is 0 Å². The zero-order chi connectivity index (χ0) is 24.8. The maximum absolute atomic E-state index is 12.7. The van der Waals surface area contributed by atoms with Gasteiger partial charge in [-0.2, -0.15) is 0 Å². The van der Waals surface area contributed by atoms with Crippen molar-refractivity contribution in [2.24, 2.45) is 4.99 Å². The van der Waals surface area contributed by atoms with E-state index in [0.29, 0.717) is 23.7 Å². The van der Waals surface area contributed by atoms with Crippen LogP contribution in [0.25, 0.3) is 10.8 Å². The summed E-state index contributed by atoms with van der Waals surface area (Å²) in [5.74, 6) is 0.907. The molecule has 2 heterocycles. The second-order valence-electron chi connectivity index (χ2n) is 7.48. The maximum atomic E-state index is 12.7. The number of hydrogen-bond donors (Lipinski definition) is 2. The Morgan fingerprint density at radius 2 is 1.94 bits per heavy atom. The third kappa shape index (κ3) is 7.74. The lowest BCUT2D eigenvalue weighted by molar-refractivity contribution is -0.119. The number of pyridine rings is 1. The third-order valence-electron chi connectivity index (χ3n) is 4.73. The molecule has 6 nitrogen and oxygen atoms in total. The highest BCUT2D eigenvalue weighted by atomic mass is 16.5. The number of fused-ring (bicyclic) bond motifs is 1. The van der Waals surface area contributed by atoms with Crippen LogP contribution in [0.4, 0.5) is 11.5 Å². The molecule has 0 amide bonds. The van der Waals surface area contributed by atoms with Gasteiger partial charge in [-0.1, -0.05) is 47.5 Å². The van der Waals surface area contributed by atoms with Crippen molar-refractivity contribution in [1.29, 1.82) is 0 Å². The Kier molecular flexibility index (Phi) is 12.5. The summed E-state index contributed by atoms with van der Waals surface area (Å²) in [7, 11) is 1.71. The number of Topliss-reactive ketones (excluding diaryl/α,β-unsaturated/α-hetero) is 1. The van der Waals surface area contributed by atoms with Crippen molar-refractivity contribution in [2.45, 2.75) is 73.3 Å². The lowest BCUT2D eigenvalue weighted by Crippen LogP contribution is -2.09. The highest BCUT2D eigenvalue weighted by Crippen LogP contribution is 2.33. The Balaban J connectivity index is 0.00000101. The summed E-state index contributed by atoms with van der Waals surface area (Å²) in [5.41, 5.74) is 8.40. The minimum atomic E-state index is -0.221. The lowest BCUT2D eigenvalue weighted by atomic mass is 10.1. The van der Waals surface area contributed by atoms with E-state index in [1.165, 1.54) is 6.42 Å². The number of ketones is 1. The van der Waals surface area contributed by atoms with Gasteiger partial charge in [0, 0.05) is 42.5 Å². The van der Waals surface area contributed by atoms with Crippen LogP contribution in [0.5, 0.6) is 0 Å². The molecule has 1 aliphatic heterocycles. The summed E-state index contributed by atoms with van der Waals surface area (Å²) in [6.45, 7) is 12.3. The van der Waals surface area contributed by atoms with Crippen molar-refractivity contribution >= 4 is 34.3 Å². The molecule has 1 atom stereocenters. The van der Waals surface area contributed by atoms with Crippen LogP contribution >= 0.6 is 0 Å². The molecule has 6 heteroatoms. The second-order valence-corrected chi connectivity index (χ2v) is 7.48. The van der Waals surface area contributed by atoms with Crippen LogP contribution in [-0.4, -0.2) is 30.1 Å². The Morgan fingerprint density at radius 1 is 1.24 bits per heavy atom. The number of nitrogens with one attached hydrogen (secondary N) is 1. The number of nitrogen functional groups attached to an aromatic ring is 1. The van der Waals surface area contributed by atoms with Gasteiger partial charge >= 0.3 is 0 Å². The molecule has 0 radical (unpaired) electrons. The summed E-state index contributed by atoms with van der Waals surface area (Å²) in [6, 6.07) is 7.75. The molecule has 2 aromatic rings. The van der Waals surface area contributed by atoms with Crippen molar-refractivity contribution in [2.75, 3.05) is 18.1 Å². The Morgan fingerprint density at radius 3 is 2.58 bits per heavy atom. The van der Waals surface area contributed by atoms with Crippen molar-refractivity contribution in [1.82, 2.24) is 4.98 Å². The quantitative estimate of drug-likeness (QED) is 0.457. The number of nitrogens with zero attached hydrogens (tertiary/aromatic N) is 2. The number of carbonyl (C=O) groups is 1. The number of ether oxygens (including phenoxy) is 1. The molecule has 3 N–H and O–H groups in total. The van der Waals surface area contributed by atoms with E-state index in [0.717, 1.165) is 34.9 Å². The molecule has 0 bridgehead atoms. The molecule has 1 aromatic carbocycles. The predicted molar refractivity (Wildman–Crippen MR) is 142 cm³/mol. The number of allylic oxidation sites excluding steroid dienone is 2. The minimum Gasteiger partial charge on any atom is -0.480 e. The zero-order valence-corrected chi connectivity index (χ0v) is 21.2. The first-order chi connectivity index (χ1) is 16.0. The molecule has 0 saturated carbocycles. The Hall–Kier alpha value is -3.15. The number of unbranched alkanes of at least 4 members (excludes halogenated alkanes) is 1. The number of aromatic nitrogens is 1. The number of rotatable bonds is 7. The topological polar surface area (TPSA) is 89.6 Å². The van der Waals surface area contributed by atoms with Crippen molar-refractivity contribution < 1.29 is 9.53 Å². The third-order valence-corrected chi connectivity index (χ3v) is 4.73. The average Bonchev–Trinajstić information content (AvgIpc) is 3.13. The second kappa shape index (κ2) is 14.8. The number of hydrogen-bond acceptors (Lipinski definition) is 6. The highest BCUT2D eigenvalue weighted by Gasteiger charge is 2.32. The monoisotopic (exact) mass is 452 g/mol. The van der Waals surface area contributed by atoms with Crippen molar-refractivity contribution in [3.05, 3.63) is 53.6 Å². The van der Waals surface area contributed by atoms with Crippen LogP contribution in [0.2, 0.25) is 0 Å². The van der Waals surface area contributed by atoms with Gasteiger partial charge in [-0.25, -0.2) is 4.98 Å². The van der Waals surface area contributed by atoms with E-state index in [1.54, 1.807) is 19.5 Å². The highest BCUT2D eigenvalue weighted by molar-refractivity contribution is 5.97. The van der Waals surface area contributed by atoms with Gasteiger partial charge in [-0.15, -0.1) is 0 Å². The fraction of sp³-hybridized carbons (Fsp3) is 0.444. The van der Waals surface area contributed by atoms with E-state index in [4.69, 9.17) is 10.5 Å². The van der Waals surface area contributed by atoms with E-state index in [9.17, 15) is 4.79 Å². The van der Waals surface area contributed by atoms with Gasteiger partial charge in [0.1, 0.15) is 11.9 Å². The van der Waals surface area contributed by atoms with Crippen LogP contribution in [0, 0.1) is 0 Å². The van der Waals surface area contributed by atoms with Crippen LogP contribution in [0.15, 0.2) is 58.6 Å². The molecule has 1 aromatic heterocycles. The molecule has 1 aliphatic rings. The molecule has 0 fully saturated rings. The van der Waals surface area contributed by atoms with Crippen molar-refractivity contribution in [3.63, 3.8) is 0 Å². The van der Waals surface area contributed by atoms with E-state index >= 15 is 0 Å². The van der Waals surface area contributed by atoms with Gasteiger partial charge < -0.3 is 15.8 Å². The molecular weight excluding hydrogens is 412 g/mol. The maximum Gasteiger partial charge on any atom is 0.199 e. The number of aliphatic imine (C=N–C) groups is 1. The van der Waals surface area contributed by atoms with Gasteiger partial charge in [-0.3, -0.25) is 9.79 Å². The summed E-state index contributed by atoms with van der Waals surface area (Å²) in [5, 5.41) is 5.26. The molecule has 3 rings (SSSR count). The summed E-state index contributed by atoms with van der Waals surface area (Å²) in [6.07, 6.45) is 8.58. The van der Waals surface area contributed by atoms with Gasteiger partial charge in [0.2, 0.25) is 0 Å². The number of benzene rings is 1. The standard InChI is InChI=1S/C22H26N4O2.C3H8.C2H6/c1-4-5-6-19(27)21-20(17(10-11-24-3)14(2)28-21)26-16-7-8-18-15(13-16)9-12-25-22(18)23;1-3-2;1-2/h7-14,26H,4-6H2,1-3H3,(H2,23,25);3H2,1-2H3;1-2H3/b17-10+,24-11?;;. The summed E-state index contributed by atoms with van der Waals surface area (Å²) < 4.78 is 5.93. The van der Waals surface area contributed by atoms with E-state index in [2.05, 4.69) is 36.1 Å². The van der Waals surface area contributed by atoms with Crippen LogP contribution in [0.1, 0.15) is 67.2 Å². The van der Waals surface area contributed by atoms with Gasteiger partial charge in [0.05, 0.1) is 5.70 Å². The Bertz CT molecular complexity index is 993. The molecule has 33 heavy (non-hydrogen) atoms. The normalized spacial score (nSPS) is 16.2. The lowest BCUT2D eigenvalue weighted by Gasteiger charge is -2.11. The first-order valence-electron chi connectivity index (χ1n) is 11.9. The Labute approximate surface area is 199 Å². The summed E-state index contributed by atoms with van der Waals surface area (Å²) >= 11 is 0. The van der Waals surface area contributed by atoms with Crippen LogP contribution in [0.3, 0.4) is 0 Å². The predicted octanol–water partition coefficient (Wildman–Crippen LogP) is 6.69. The summed E-state index contributed by atoms with van der Waals surface area (Å²) in [4.78, 5) is 20.9. The van der Waals surface area contributed by atoms with Crippen LogP contribution < -0.4 is 11.1 Å². The number of nitrogens with two attached hydrogens (primary N) is 1. The van der Waals surface area contributed by atoms with Gasteiger partial charge in [-0.05, 0) is 49.1 Å². The molecule has 180 valence electrons. The molecular formula is C27H40N4O2. The van der Waals surface area contributed by atoms with Crippen molar-refractivity contribution in [3.8, 4) is 0 Å². The van der Waals surface area contributed by atoms with Crippen LogP contribution in [-0.2, 0) is 9.53 Å². The average molecular weight is 453 g/mol. The van der Waals surface area contributed by atoms with E-state index in [-0.39, 0.29) is 11.9 Å². The van der Waals surface area contributed by atoms with E-state index in [1.807, 2.05) is 51.1 Å². The minimum absolute atomic E-state index is 0.0160. The smallest absolute Gasteiger partial charge is 0.199 e. The first-order valence-corrected chi connectivity index (χ1v) is 11.9. The molecule has 1 unspecified atom stereocenters. The fourth-order valence-corrected chi connectivity index (χ4v) is 3.22. The zero-order valence-electron chi connectivity index (χ0n) is 21.2. The first kappa shape index (κ1) is 27.9. The SMILES string of the molecule is CC.CCC.CCCCC(=O)C1=C(Nc2ccc3c(N)nccc3c2)/C(=C/C=NC)C(C)O1.